The number of nitrogens with zero attached hydrogens (tertiary/aromatic N) is 3. The highest BCUT2D eigenvalue weighted by molar-refractivity contribution is 5.80. The van der Waals surface area contributed by atoms with E-state index in [9.17, 15) is 9.18 Å². The predicted octanol–water partition coefficient (Wildman–Crippen LogP) is 1.42. The van der Waals surface area contributed by atoms with Gasteiger partial charge in [-0.2, -0.15) is 0 Å². The zero-order chi connectivity index (χ0) is 21.3. The fraction of sp³-hybridized carbons (Fsp3) is 0.381. The van der Waals surface area contributed by atoms with Crippen LogP contribution in [0, 0.1) is 5.82 Å². The molecule has 0 radical (unpaired) electrons. The third kappa shape index (κ3) is 6.07. The number of benzene rings is 1. The maximum atomic E-state index is 14.0. The summed E-state index contributed by atoms with van der Waals surface area (Å²) in [5.41, 5.74) is 6.05. The number of amides is 1. The minimum absolute atomic E-state index is 0.134. The molecule has 1 fully saturated rings. The molecule has 0 aliphatic carbocycles. The second-order valence-electron chi connectivity index (χ2n) is 6.98. The molecule has 0 saturated carbocycles. The van der Waals surface area contributed by atoms with Gasteiger partial charge in [-0.15, -0.1) is 0 Å². The number of pyridine rings is 1. The monoisotopic (exact) mass is 414 g/mol. The van der Waals surface area contributed by atoms with Crippen LogP contribution in [0.1, 0.15) is 18.9 Å². The van der Waals surface area contributed by atoms with Crippen molar-refractivity contribution in [3.63, 3.8) is 0 Å². The first-order valence-electron chi connectivity index (χ1n) is 9.95. The fourth-order valence-electron chi connectivity index (χ4n) is 3.25. The number of rotatable bonds is 8. The molecular weight excluding hydrogens is 387 g/mol. The molecule has 3 rings (SSSR count). The Kier molecular flexibility index (Phi) is 7.42. The topological polar surface area (TPSA) is 105 Å². The Bertz CT molecular complexity index is 891. The molecule has 1 aromatic heterocycles. The SMILES string of the molecule is CCNC(=NCc1cccc(OCC(N)=O)c1)NC1CCN(c2ncccc2F)C1. The van der Waals surface area contributed by atoms with Gasteiger partial charge in [-0.05, 0) is 43.2 Å². The van der Waals surface area contributed by atoms with Crippen LogP contribution in [0.25, 0.3) is 0 Å². The van der Waals surface area contributed by atoms with Crippen molar-refractivity contribution in [2.24, 2.45) is 10.7 Å². The van der Waals surface area contributed by atoms with E-state index < -0.39 is 5.91 Å². The smallest absolute Gasteiger partial charge is 0.255 e. The van der Waals surface area contributed by atoms with Gasteiger partial charge in [-0.25, -0.2) is 14.4 Å². The van der Waals surface area contributed by atoms with E-state index in [1.54, 1.807) is 18.3 Å². The molecule has 1 unspecified atom stereocenters. The van der Waals surface area contributed by atoms with Gasteiger partial charge in [0.15, 0.2) is 24.2 Å². The van der Waals surface area contributed by atoms with E-state index in [1.165, 1.54) is 6.07 Å². The lowest BCUT2D eigenvalue weighted by atomic mass is 10.2. The minimum atomic E-state index is -0.520. The number of carbonyl (C=O) groups is 1. The van der Waals surface area contributed by atoms with E-state index in [2.05, 4.69) is 20.6 Å². The molecule has 1 saturated heterocycles. The Balaban J connectivity index is 1.59. The third-order valence-electron chi connectivity index (χ3n) is 4.61. The summed E-state index contributed by atoms with van der Waals surface area (Å²) < 4.78 is 19.3. The molecule has 1 aliphatic heterocycles. The van der Waals surface area contributed by atoms with Gasteiger partial charge in [0, 0.05) is 31.9 Å². The predicted molar refractivity (Wildman–Crippen MR) is 114 cm³/mol. The summed E-state index contributed by atoms with van der Waals surface area (Å²) in [4.78, 5) is 21.6. The van der Waals surface area contributed by atoms with Crippen molar-refractivity contribution in [3.8, 4) is 5.75 Å². The quantitative estimate of drug-likeness (QED) is 0.446. The molecular formula is C21H27FN6O2. The summed E-state index contributed by atoms with van der Waals surface area (Å²) >= 11 is 0. The lowest BCUT2D eigenvalue weighted by molar-refractivity contribution is -0.119. The van der Waals surface area contributed by atoms with E-state index in [0.717, 1.165) is 25.1 Å². The van der Waals surface area contributed by atoms with Crippen LogP contribution >= 0.6 is 0 Å². The van der Waals surface area contributed by atoms with E-state index in [-0.39, 0.29) is 18.5 Å². The Hall–Kier alpha value is -3.36. The standard InChI is InChI=1S/C21H27FN6O2/c1-2-24-21(26-12-15-5-3-6-17(11-15)30-14-19(23)29)27-16-8-10-28(13-16)20-18(22)7-4-9-25-20/h3-7,9,11,16H,2,8,10,12-14H2,1H3,(H2,23,29)(H2,24,26,27). The molecule has 2 heterocycles. The number of hydrogen-bond donors (Lipinski definition) is 3. The average molecular weight is 414 g/mol. The van der Waals surface area contributed by atoms with Gasteiger partial charge in [0.1, 0.15) is 5.75 Å². The molecule has 30 heavy (non-hydrogen) atoms. The minimum Gasteiger partial charge on any atom is -0.484 e. The van der Waals surface area contributed by atoms with Crippen LogP contribution in [0.4, 0.5) is 10.2 Å². The Morgan fingerprint density at radius 3 is 3.03 bits per heavy atom. The number of halogens is 1. The van der Waals surface area contributed by atoms with Crippen molar-refractivity contribution >= 4 is 17.7 Å². The number of aliphatic imine (C=N–C) groups is 1. The van der Waals surface area contributed by atoms with Crippen molar-refractivity contribution in [1.82, 2.24) is 15.6 Å². The first-order chi connectivity index (χ1) is 14.5. The lowest BCUT2D eigenvalue weighted by Gasteiger charge is -2.20. The molecule has 8 nitrogen and oxygen atoms in total. The summed E-state index contributed by atoms with van der Waals surface area (Å²) in [7, 11) is 0. The summed E-state index contributed by atoms with van der Waals surface area (Å²) in [6.45, 7) is 4.37. The molecule has 9 heteroatoms. The normalized spacial score (nSPS) is 16.4. The van der Waals surface area contributed by atoms with E-state index in [0.29, 0.717) is 30.6 Å². The van der Waals surface area contributed by atoms with Crippen LogP contribution in [-0.2, 0) is 11.3 Å². The third-order valence-corrected chi connectivity index (χ3v) is 4.61. The second-order valence-corrected chi connectivity index (χ2v) is 6.98. The Morgan fingerprint density at radius 2 is 2.27 bits per heavy atom. The fourth-order valence-corrected chi connectivity index (χ4v) is 3.25. The second kappa shape index (κ2) is 10.4. The molecule has 160 valence electrons. The van der Waals surface area contributed by atoms with Gasteiger partial charge in [-0.3, -0.25) is 4.79 Å². The molecule has 1 aliphatic rings. The first kappa shape index (κ1) is 21.4. The summed E-state index contributed by atoms with van der Waals surface area (Å²) in [5, 5.41) is 6.65. The molecule has 0 bridgehead atoms. The zero-order valence-corrected chi connectivity index (χ0v) is 17.0. The van der Waals surface area contributed by atoms with Crippen molar-refractivity contribution in [2.45, 2.75) is 25.9 Å². The number of aromatic nitrogens is 1. The number of anilines is 1. The van der Waals surface area contributed by atoms with Crippen molar-refractivity contribution < 1.29 is 13.9 Å². The number of hydrogen-bond acceptors (Lipinski definition) is 5. The summed E-state index contributed by atoms with van der Waals surface area (Å²) in [6.07, 6.45) is 2.46. The molecule has 1 aromatic carbocycles. The molecule has 1 atom stereocenters. The number of primary amides is 1. The average Bonchev–Trinajstić information content (AvgIpc) is 3.19. The number of guanidine groups is 1. The number of carbonyl (C=O) groups excluding carboxylic acids is 1. The summed E-state index contributed by atoms with van der Waals surface area (Å²) in [6, 6.07) is 10.5. The van der Waals surface area contributed by atoms with Gasteiger partial charge in [-0.1, -0.05) is 12.1 Å². The van der Waals surface area contributed by atoms with Crippen LogP contribution in [0.3, 0.4) is 0 Å². The summed E-state index contributed by atoms with van der Waals surface area (Å²) in [5.74, 6) is 0.819. The largest absolute Gasteiger partial charge is 0.484 e. The van der Waals surface area contributed by atoms with Crippen LogP contribution in [-0.4, -0.2) is 49.1 Å². The highest BCUT2D eigenvalue weighted by atomic mass is 19.1. The van der Waals surface area contributed by atoms with Gasteiger partial charge in [0.2, 0.25) is 0 Å². The van der Waals surface area contributed by atoms with E-state index in [1.807, 2.05) is 30.0 Å². The Morgan fingerprint density at radius 1 is 1.40 bits per heavy atom. The van der Waals surface area contributed by atoms with Crippen LogP contribution < -0.4 is 26.0 Å². The maximum Gasteiger partial charge on any atom is 0.255 e. The highest BCUT2D eigenvalue weighted by Gasteiger charge is 2.25. The van der Waals surface area contributed by atoms with Crippen LogP contribution in [0.5, 0.6) is 5.75 Å². The lowest BCUT2D eigenvalue weighted by Crippen LogP contribution is -2.44. The van der Waals surface area contributed by atoms with Gasteiger partial charge in [0.05, 0.1) is 6.54 Å². The van der Waals surface area contributed by atoms with E-state index in [4.69, 9.17) is 10.5 Å². The van der Waals surface area contributed by atoms with Crippen LogP contribution in [0.2, 0.25) is 0 Å². The first-order valence-corrected chi connectivity index (χ1v) is 9.95. The van der Waals surface area contributed by atoms with Crippen LogP contribution in [0.15, 0.2) is 47.6 Å². The molecule has 0 spiro atoms. The van der Waals surface area contributed by atoms with Gasteiger partial charge < -0.3 is 26.0 Å². The Labute approximate surface area is 175 Å². The maximum absolute atomic E-state index is 14.0. The number of nitrogens with one attached hydrogen (secondary N) is 2. The number of nitrogens with two attached hydrogens (primary N) is 1. The molecule has 4 N–H and O–H groups in total. The van der Waals surface area contributed by atoms with Gasteiger partial charge >= 0.3 is 0 Å². The van der Waals surface area contributed by atoms with Gasteiger partial charge in [0.25, 0.3) is 5.91 Å². The van der Waals surface area contributed by atoms with E-state index >= 15 is 0 Å². The highest BCUT2D eigenvalue weighted by Crippen LogP contribution is 2.20. The molecule has 1 amide bonds. The number of ether oxygens (including phenoxy) is 1. The van der Waals surface area contributed by atoms with Crippen molar-refractivity contribution in [1.29, 1.82) is 0 Å². The zero-order valence-electron chi connectivity index (χ0n) is 17.0. The molecule has 2 aromatic rings. The van der Waals surface area contributed by atoms with Crippen molar-refractivity contribution in [3.05, 3.63) is 54.0 Å². The van der Waals surface area contributed by atoms with Crippen molar-refractivity contribution in [2.75, 3.05) is 31.1 Å².